The van der Waals surface area contributed by atoms with Gasteiger partial charge in [-0.15, -0.1) is 0 Å². The molecule has 0 fully saturated rings. The number of hydrogen-bond donors (Lipinski definition) is 1. The molecule has 0 radical (unpaired) electrons. The number of hydrogen-bond acceptors (Lipinski definition) is 3. The summed E-state index contributed by atoms with van der Waals surface area (Å²) in [5.41, 5.74) is 1.99. The Morgan fingerprint density at radius 3 is 2.80 bits per heavy atom. The minimum absolute atomic E-state index is 0.643. The molecule has 1 aromatic rings. The summed E-state index contributed by atoms with van der Waals surface area (Å²) >= 11 is 0. The van der Waals surface area contributed by atoms with E-state index in [1.54, 1.807) is 7.11 Å². The van der Waals surface area contributed by atoms with Crippen LogP contribution < -0.4 is 4.74 Å². The number of benzene rings is 1. The first-order valence-electron chi connectivity index (χ1n) is 5.14. The standard InChI is InChI=1S/C12H16O3/c1-14-10-6-5-9-4-3-7-12(13,15-2)11(9)8-10/h5-6,8,13H,3-4,7H2,1-2H3. The van der Waals surface area contributed by atoms with E-state index in [1.165, 1.54) is 7.11 Å². The Hall–Kier alpha value is -1.06. The normalized spacial score (nSPS) is 24.7. The van der Waals surface area contributed by atoms with E-state index in [2.05, 4.69) is 0 Å². The summed E-state index contributed by atoms with van der Waals surface area (Å²) in [6.45, 7) is 0. The van der Waals surface area contributed by atoms with Gasteiger partial charge in [0.15, 0.2) is 5.79 Å². The molecule has 2 rings (SSSR count). The van der Waals surface area contributed by atoms with Crippen molar-refractivity contribution in [3.63, 3.8) is 0 Å². The van der Waals surface area contributed by atoms with Gasteiger partial charge in [0.2, 0.25) is 0 Å². The Morgan fingerprint density at radius 2 is 2.13 bits per heavy atom. The molecule has 1 aliphatic carbocycles. The number of methoxy groups -OCH3 is 2. The van der Waals surface area contributed by atoms with Gasteiger partial charge in [-0.05, 0) is 30.5 Å². The van der Waals surface area contributed by atoms with Crippen LogP contribution in [0.25, 0.3) is 0 Å². The highest BCUT2D eigenvalue weighted by Crippen LogP contribution is 2.37. The molecule has 0 spiro atoms. The SMILES string of the molecule is COc1ccc2c(c1)C(O)(OC)CCC2. The Labute approximate surface area is 89.6 Å². The minimum atomic E-state index is -1.14. The van der Waals surface area contributed by atoms with Gasteiger partial charge in [0, 0.05) is 19.1 Å². The molecule has 0 aromatic heterocycles. The third kappa shape index (κ3) is 1.73. The zero-order valence-corrected chi connectivity index (χ0v) is 9.12. The first-order chi connectivity index (χ1) is 7.19. The molecule has 0 heterocycles. The van der Waals surface area contributed by atoms with E-state index < -0.39 is 5.79 Å². The lowest BCUT2D eigenvalue weighted by Gasteiger charge is -2.33. The third-order valence-electron chi connectivity index (χ3n) is 3.04. The first-order valence-corrected chi connectivity index (χ1v) is 5.14. The van der Waals surface area contributed by atoms with Crippen LogP contribution in [-0.2, 0) is 16.9 Å². The monoisotopic (exact) mass is 208 g/mol. The summed E-state index contributed by atoms with van der Waals surface area (Å²) < 4.78 is 10.4. The Balaban J connectivity index is 2.48. The highest BCUT2D eigenvalue weighted by atomic mass is 16.6. The lowest BCUT2D eigenvalue weighted by Crippen LogP contribution is -2.32. The van der Waals surface area contributed by atoms with E-state index >= 15 is 0 Å². The second-order valence-corrected chi connectivity index (χ2v) is 3.87. The average molecular weight is 208 g/mol. The zero-order valence-electron chi connectivity index (χ0n) is 9.12. The van der Waals surface area contributed by atoms with Gasteiger partial charge in [-0.25, -0.2) is 0 Å². The third-order valence-corrected chi connectivity index (χ3v) is 3.04. The lowest BCUT2D eigenvalue weighted by atomic mass is 9.86. The summed E-state index contributed by atoms with van der Waals surface area (Å²) in [7, 11) is 3.16. The molecule has 15 heavy (non-hydrogen) atoms. The quantitative estimate of drug-likeness (QED) is 0.753. The maximum Gasteiger partial charge on any atom is 0.192 e. The summed E-state index contributed by atoms with van der Waals surface area (Å²) in [6, 6.07) is 5.77. The van der Waals surface area contributed by atoms with Crippen molar-refractivity contribution >= 4 is 0 Å². The van der Waals surface area contributed by atoms with Gasteiger partial charge in [0.25, 0.3) is 0 Å². The Kier molecular flexibility index (Phi) is 2.67. The predicted molar refractivity (Wildman–Crippen MR) is 56.8 cm³/mol. The van der Waals surface area contributed by atoms with E-state index in [0.717, 1.165) is 29.7 Å². The van der Waals surface area contributed by atoms with Crippen LogP contribution in [0.4, 0.5) is 0 Å². The van der Waals surface area contributed by atoms with Crippen LogP contribution in [0, 0.1) is 0 Å². The maximum atomic E-state index is 10.3. The number of aliphatic hydroxyl groups is 1. The molecule has 0 bridgehead atoms. The van der Waals surface area contributed by atoms with E-state index in [0.29, 0.717) is 6.42 Å². The molecule has 0 aliphatic heterocycles. The smallest absolute Gasteiger partial charge is 0.192 e. The van der Waals surface area contributed by atoms with Crippen molar-refractivity contribution in [2.45, 2.75) is 25.0 Å². The van der Waals surface area contributed by atoms with Crippen LogP contribution in [0.15, 0.2) is 18.2 Å². The molecular formula is C12H16O3. The minimum Gasteiger partial charge on any atom is -0.497 e. The van der Waals surface area contributed by atoms with Crippen molar-refractivity contribution in [2.24, 2.45) is 0 Å². The van der Waals surface area contributed by atoms with Crippen molar-refractivity contribution in [1.82, 2.24) is 0 Å². The molecule has 3 heteroatoms. The lowest BCUT2D eigenvalue weighted by molar-refractivity contribution is -0.203. The fourth-order valence-electron chi connectivity index (χ4n) is 2.13. The predicted octanol–water partition coefficient (Wildman–Crippen LogP) is 1.82. The highest BCUT2D eigenvalue weighted by Gasteiger charge is 2.34. The first kappa shape index (κ1) is 10.5. The van der Waals surface area contributed by atoms with Crippen molar-refractivity contribution in [2.75, 3.05) is 14.2 Å². The van der Waals surface area contributed by atoms with Crippen LogP contribution in [0.5, 0.6) is 5.75 Å². The van der Waals surface area contributed by atoms with E-state index in [1.807, 2.05) is 18.2 Å². The molecule has 1 N–H and O–H groups in total. The van der Waals surface area contributed by atoms with E-state index in [-0.39, 0.29) is 0 Å². The van der Waals surface area contributed by atoms with Crippen molar-refractivity contribution in [3.8, 4) is 5.75 Å². The van der Waals surface area contributed by atoms with Crippen molar-refractivity contribution in [3.05, 3.63) is 29.3 Å². The van der Waals surface area contributed by atoms with Gasteiger partial charge in [-0.3, -0.25) is 0 Å². The second-order valence-electron chi connectivity index (χ2n) is 3.87. The number of rotatable bonds is 2. The number of ether oxygens (including phenoxy) is 2. The molecule has 3 nitrogen and oxygen atoms in total. The van der Waals surface area contributed by atoms with Crippen molar-refractivity contribution in [1.29, 1.82) is 0 Å². The van der Waals surface area contributed by atoms with Gasteiger partial charge >= 0.3 is 0 Å². The summed E-state index contributed by atoms with van der Waals surface area (Å²) in [5, 5.41) is 10.3. The molecule has 1 unspecified atom stereocenters. The number of aryl methyl sites for hydroxylation is 1. The van der Waals surface area contributed by atoms with E-state index in [9.17, 15) is 5.11 Å². The average Bonchev–Trinajstić information content (AvgIpc) is 2.29. The Bertz CT molecular complexity index is 362. The molecule has 0 saturated carbocycles. The zero-order chi connectivity index (χ0) is 10.9. The van der Waals surface area contributed by atoms with Crippen LogP contribution in [0.3, 0.4) is 0 Å². The molecule has 1 aromatic carbocycles. The molecule has 1 aliphatic rings. The largest absolute Gasteiger partial charge is 0.497 e. The summed E-state index contributed by atoms with van der Waals surface area (Å²) in [6.07, 6.45) is 2.58. The molecule has 0 saturated heterocycles. The topological polar surface area (TPSA) is 38.7 Å². The Morgan fingerprint density at radius 1 is 1.33 bits per heavy atom. The van der Waals surface area contributed by atoms with Gasteiger partial charge in [0.1, 0.15) is 5.75 Å². The summed E-state index contributed by atoms with van der Waals surface area (Å²) in [5.74, 6) is -0.381. The van der Waals surface area contributed by atoms with Gasteiger partial charge in [0.05, 0.1) is 7.11 Å². The van der Waals surface area contributed by atoms with Gasteiger partial charge in [-0.2, -0.15) is 0 Å². The highest BCUT2D eigenvalue weighted by molar-refractivity contribution is 5.39. The molecule has 0 amide bonds. The number of fused-ring (bicyclic) bond motifs is 1. The molecule has 82 valence electrons. The van der Waals surface area contributed by atoms with Crippen molar-refractivity contribution < 1.29 is 14.6 Å². The van der Waals surface area contributed by atoms with Gasteiger partial charge in [-0.1, -0.05) is 6.07 Å². The van der Waals surface area contributed by atoms with Crippen LogP contribution in [0.2, 0.25) is 0 Å². The van der Waals surface area contributed by atoms with E-state index in [4.69, 9.17) is 9.47 Å². The maximum absolute atomic E-state index is 10.3. The van der Waals surface area contributed by atoms with Crippen LogP contribution in [0.1, 0.15) is 24.0 Å². The van der Waals surface area contributed by atoms with Gasteiger partial charge < -0.3 is 14.6 Å². The fraction of sp³-hybridized carbons (Fsp3) is 0.500. The fourth-order valence-corrected chi connectivity index (χ4v) is 2.13. The molecule has 1 atom stereocenters. The second kappa shape index (κ2) is 3.83. The molecular weight excluding hydrogens is 192 g/mol. The van der Waals surface area contributed by atoms with Crippen LogP contribution in [-0.4, -0.2) is 19.3 Å². The van der Waals surface area contributed by atoms with Crippen LogP contribution >= 0.6 is 0 Å². The summed E-state index contributed by atoms with van der Waals surface area (Å²) in [4.78, 5) is 0.